The molecule has 0 fully saturated rings. The average Bonchev–Trinajstić information content (AvgIpc) is 3.79. The summed E-state index contributed by atoms with van der Waals surface area (Å²) in [4.78, 5) is 137. The number of aromatic amines is 1. The number of rotatable bonds is 34. The summed E-state index contributed by atoms with van der Waals surface area (Å²) in [6, 6.07) is 6.09. The Morgan fingerprint density at radius 3 is 1.88 bits per heavy atom. The Hall–Kier alpha value is -6.70. The molecule has 0 saturated carbocycles. The summed E-state index contributed by atoms with van der Waals surface area (Å²) in [6.45, 7) is 6.46. The number of aliphatic carboxylic acids is 1. The fourth-order valence-corrected chi connectivity index (χ4v) is 8.63. The third-order valence-electron chi connectivity index (χ3n) is 12.5. The number of para-hydroxylation sites is 1. The Labute approximate surface area is 452 Å². The van der Waals surface area contributed by atoms with E-state index < -0.39 is 132 Å². The molecule has 76 heavy (non-hydrogen) atoms. The molecule has 16 N–H and O–H groups in total. The molecule has 3 aromatic rings. The molecule has 9 atom stereocenters. The van der Waals surface area contributed by atoms with Crippen molar-refractivity contribution in [1.29, 1.82) is 0 Å². The van der Waals surface area contributed by atoms with E-state index in [-0.39, 0.29) is 31.4 Å². The topological polar surface area (TPSA) is 381 Å². The van der Waals surface area contributed by atoms with Gasteiger partial charge in [0, 0.05) is 29.3 Å². The standard InChI is InChI=1S/C51H76N12O11S2/c1-6-29(4)43(50(72)61-39(27-75)48(70)59-36(51(73)74)18-12-13-20-52)63-46(68)35(19-21-76-5)58-47(69)38(24-40(54)64)57-41(65)26-56-45(67)37(22-30-14-8-7-9-15-30)60-49(71)42(28(2)3)62-44(66)33(53)23-31-25-55-34-17-11-10-16-32(31)34/h7-11,14-17,25,28-29,33,35-39,42-43,55,75H,6,12-13,18-24,26-27,52-53H2,1-5H3,(H2,54,64)(H,56,67)(H,57,65)(H,58,69)(H,59,70)(H,60,71)(H,61,72)(H,62,66)(H,63,68)(H,73,74)/t29-,33-,35-,36-,37-,38-,39-,42-,43-/m0/s1. The first kappa shape index (κ1) is 63.6. The maximum absolute atomic E-state index is 14.0. The molecule has 0 aliphatic rings. The molecule has 0 unspecified atom stereocenters. The van der Waals surface area contributed by atoms with Crippen molar-refractivity contribution in [2.24, 2.45) is 29.0 Å². The zero-order valence-electron chi connectivity index (χ0n) is 43.6. The fourth-order valence-electron chi connectivity index (χ4n) is 7.90. The maximum atomic E-state index is 14.0. The van der Waals surface area contributed by atoms with E-state index in [0.29, 0.717) is 37.1 Å². The summed E-state index contributed by atoms with van der Waals surface area (Å²) in [5.41, 5.74) is 19.7. The lowest BCUT2D eigenvalue weighted by molar-refractivity contribution is -0.142. The molecule has 0 aliphatic carbocycles. The molecule has 1 aromatic heterocycles. The van der Waals surface area contributed by atoms with Crippen LogP contribution in [0.15, 0.2) is 60.8 Å². The van der Waals surface area contributed by atoms with Gasteiger partial charge in [0.1, 0.15) is 42.3 Å². The van der Waals surface area contributed by atoms with Gasteiger partial charge in [-0.1, -0.05) is 82.6 Å². The van der Waals surface area contributed by atoms with Gasteiger partial charge in [-0.05, 0) is 79.7 Å². The molecule has 1 heterocycles. The summed E-state index contributed by atoms with van der Waals surface area (Å²) >= 11 is 5.54. The number of nitrogens with one attached hydrogen (secondary N) is 9. The number of primary amides is 1. The third-order valence-corrected chi connectivity index (χ3v) is 13.5. The average molecular weight is 1100 g/mol. The monoisotopic (exact) mass is 1100 g/mol. The van der Waals surface area contributed by atoms with Gasteiger partial charge in [0.25, 0.3) is 0 Å². The van der Waals surface area contributed by atoms with Crippen molar-refractivity contribution in [2.45, 2.75) is 127 Å². The molecular formula is C51H76N12O11S2. The van der Waals surface area contributed by atoms with Crippen molar-refractivity contribution >= 4 is 94.4 Å². The van der Waals surface area contributed by atoms with Gasteiger partial charge in [0.2, 0.25) is 53.2 Å². The van der Waals surface area contributed by atoms with E-state index in [1.807, 2.05) is 24.3 Å². The van der Waals surface area contributed by atoms with Crippen LogP contribution in [0.5, 0.6) is 0 Å². The lowest BCUT2D eigenvalue weighted by atomic mass is 9.97. The van der Waals surface area contributed by atoms with E-state index in [9.17, 15) is 53.1 Å². The smallest absolute Gasteiger partial charge is 0.326 e. The van der Waals surface area contributed by atoms with Gasteiger partial charge in [-0.25, -0.2) is 4.79 Å². The van der Waals surface area contributed by atoms with E-state index in [1.54, 1.807) is 70.5 Å². The van der Waals surface area contributed by atoms with Crippen LogP contribution in [0.1, 0.15) is 77.3 Å². The summed E-state index contributed by atoms with van der Waals surface area (Å²) in [7, 11) is 0. The van der Waals surface area contributed by atoms with Crippen molar-refractivity contribution in [2.75, 3.05) is 30.9 Å². The number of carbonyl (C=O) groups is 10. The highest BCUT2D eigenvalue weighted by Crippen LogP contribution is 2.19. The number of carbonyl (C=O) groups excluding carboxylic acids is 9. The molecule has 0 aliphatic heterocycles. The first-order valence-electron chi connectivity index (χ1n) is 25.2. The molecule has 418 valence electrons. The summed E-state index contributed by atoms with van der Waals surface area (Å²) < 4.78 is 0. The minimum Gasteiger partial charge on any atom is -0.480 e. The highest BCUT2D eigenvalue weighted by atomic mass is 32.2. The molecule has 2 aromatic carbocycles. The summed E-state index contributed by atoms with van der Waals surface area (Å²) in [5.74, 6) is -9.53. The number of unbranched alkanes of at least 4 members (excludes halogenated alkanes) is 1. The number of hydrogen-bond acceptors (Lipinski definition) is 14. The van der Waals surface area contributed by atoms with E-state index in [2.05, 4.69) is 60.1 Å². The molecule has 0 radical (unpaired) electrons. The Morgan fingerprint density at radius 2 is 1.26 bits per heavy atom. The molecule has 23 nitrogen and oxygen atoms in total. The quantitative estimate of drug-likeness (QED) is 0.0259. The van der Waals surface area contributed by atoms with E-state index in [1.165, 1.54) is 11.8 Å². The number of carboxylic acids is 1. The number of benzene rings is 2. The van der Waals surface area contributed by atoms with Crippen molar-refractivity contribution in [3.63, 3.8) is 0 Å². The first-order chi connectivity index (χ1) is 36.1. The second-order valence-electron chi connectivity index (χ2n) is 18.8. The second-order valence-corrected chi connectivity index (χ2v) is 20.2. The molecule has 0 bridgehead atoms. The first-order valence-corrected chi connectivity index (χ1v) is 27.2. The SMILES string of the molecule is CC[C@H](C)[C@H](NC(=O)[C@H](CCSC)NC(=O)[C@H](CC(N)=O)NC(=O)CNC(=O)[C@H](Cc1ccccc1)NC(=O)[C@@H](NC(=O)[C@@H](N)Cc1c[nH]c2ccccc12)C(C)C)C(=O)N[C@@H](CS)C(=O)N[C@@H](CCCCN)C(=O)O. The highest BCUT2D eigenvalue weighted by molar-refractivity contribution is 7.98. The number of thiol groups is 1. The number of amides is 9. The van der Waals surface area contributed by atoms with Crippen LogP contribution in [0.3, 0.4) is 0 Å². The molecule has 25 heteroatoms. The predicted molar refractivity (Wildman–Crippen MR) is 292 cm³/mol. The van der Waals surface area contributed by atoms with Crippen LogP contribution < -0.4 is 59.7 Å². The van der Waals surface area contributed by atoms with Crippen molar-refractivity contribution in [3.05, 3.63) is 71.9 Å². The fraction of sp³-hybridized carbons (Fsp3) is 0.529. The number of carboxylic acid groups (broad SMARTS) is 1. The Balaban J connectivity index is 1.73. The lowest BCUT2D eigenvalue weighted by Crippen LogP contribution is -2.61. The minimum absolute atomic E-state index is 0.0248. The second kappa shape index (κ2) is 32.7. The van der Waals surface area contributed by atoms with Crippen LogP contribution >= 0.6 is 24.4 Å². The van der Waals surface area contributed by atoms with Crippen LogP contribution in [0, 0.1) is 11.8 Å². The number of thioether (sulfide) groups is 1. The molecule has 0 saturated heterocycles. The highest BCUT2D eigenvalue weighted by Gasteiger charge is 2.35. The maximum Gasteiger partial charge on any atom is 0.326 e. The van der Waals surface area contributed by atoms with Crippen molar-refractivity contribution in [1.82, 2.24) is 47.5 Å². The van der Waals surface area contributed by atoms with Crippen LogP contribution in [-0.4, -0.2) is 148 Å². The Morgan fingerprint density at radius 1 is 0.671 bits per heavy atom. The predicted octanol–water partition coefficient (Wildman–Crippen LogP) is -0.736. The van der Waals surface area contributed by atoms with E-state index in [4.69, 9.17) is 17.2 Å². The molecule has 9 amide bonds. The van der Waals surface area contributed by atoms with Crippen molar-refractivity contribution < 1.29 is 53.1 Å². The minimum atomic E-state index is -1.64. The largest absolute Gasteiger partial charge is 0.480 e. The Bertz CT molecular complexity index is 2450. The van der Waals surface area contributed by atoms with E-state index in [0.717, 1.165) is 16.5 Å². The van der Waals surface area contributed by atoms with Crippen LogP contribution in [-0.2, 0) is 60.8 Å². The number of H-pyrrole nitrogens is 1. The number of hydrogen-bond donors (Lipinski definition) is 14. The molecule has 3 rings (SSSR count). The van der Waals surface area contributed by atoms with Gasteiger partial charge < -0.3 is 69.8 Å². The Kier molecular flexibility index (Phi) is 27.3. The van der Waals surface area contributed by atoms with Gasteiger partial charge in [-0.2, -0.15) is 24.4 Å². The zero-order chi connectivity index (χ0) is 56.5. The van der Waals surface area contributed by atoms with E-state index >= 15 is 0 Å². The summed E-state index contributed by atoms with van der Waals surface area (Å²) in [5, 5.41) is 31.0. The van der Waals surface area contributed by atoms with Crippen LogP contribution in [0.4, 0.5) is 0 Å². The van der Waals surface area contributed by atoms with Crippen molar-refractivity contribution in [3.8, 4) is 0 Å². The lowest BCUT2D eigenvalue weighted by Gasteiger charge is -2.29. The molecule has 0 spiro atoms. The van der Waals surface area contributed by atoms with Gasteiger partial charge in [0.15, 0.2) is 0 Å². The number of fused-ring (bicyclic) bond motifs is 1. The summed E-state index contributed by atoms with van der Waals surface area (Å²) in [6.07, 6.45) is 4.44. The number of nitrogens with two attached hydrogens (primary N) is 3. The number of aromatic nitrogens is 1. The van der Waals surface area contributed by atoms with Gasteiger partial charge in [-0.15, -0.1) is 0 Å². The van der Waals surface area contributed by atoms with Gasteiger partial charge in [0.05, 0.1) is 19.0 Å². The third kappa shape index (κ3) is 20.8. The van der Waals surface area contributed by atoms with Gasteiger partial charge >= 0.3 is 5.97 Å². The molecular weight excluding hydrogens is 1020 g/mol. The normalized spacial score (nSPS) is 14.8. The van der Waals surface area contributed by atoms with Crippen LogP contribution in [0.25, 0.3) is 10.9 Å². The van der Waals surface area contributed by atoms with Crippen LogP contribution in [0.2, 0.25) is 0 Å². The zero-order valence-corrected chi connectivity index (χ0v) is 45.4. The van der Waals surface area contributed by atoms with Gasteiger partial charge in [-0.3, -0.25) is 43.2 Å².